The summed E-state index contributed by atoms with van der Waals surface area (Å²) in [7, 11) is 0. The van der Waals surface area contributed by atoms with E-state index >= 15 is 0 Å². The Bertz CT molecular complexity index is 723. The highest BCUT2D eigenvalue weighted by Crippen LogP contribution is 2.20. The second-order valence-corrected chi connectivity index (χ2v) is 4.20. The van der Waals surface area contributed by atoms with Crippen LogP contribution >= 0.6 is 0 Å². The smallest absolute Gasteiger partial charge is 0.123 e. The monoisotopic (exact) mass is 238 g/mol. The Morgan fingerprint density at radius 3 is 2.56 bits per heavy atom. The number of rotatable bonds is 1. The number of halogens is 1. The first-order chi connectivity index (χ1) is 8.72. The van der Waals surface area contributed by atoms with Gasteiger partial charge in [0.25, 0.3) is 0 Å². The molecule has 0 amide bonds. The average Bonchev–Trinajstić information content (AvgIpc) is 2.38. The van der Waals surface area contributed by atoms with Crippen LogP contribution in [0.1, 0.15) is 5.69 Å². The van der Waals surface area contributed by atoms with Gasteiger partial charge in [0.05, 0.1) is 16.9 Å². The van der Waals surface area contributed by atoms with Crippen LogP contribution in [0.15, 0.2) is 48.5 Å². The van der Waals surface area contributed by atoms with Gasteiger partial charge in [0.1, 0.15) is 5.82 Å². The fraction of sp³-hybridized carbons (Fsp3) is 0.0667. The second-order valence-electron chi connectivity index (χ2n) is 4.20. The molecular weight excluding hydrogens is 227 g/mol. The van der Waals surface area contributed by atoms with Crippen molar-refractivity contribution in [2.45, 2.75) is 6.92 Å². The zero-order chi connectivity index (χ0) is 12.5. The molecule has 0 spiro atoms. The summed E-state index contributed by atoms with van der Waals surface area (Å²) in [6, 6.07) is 14.1. The quantitative estimate of drug-likeness (QED) is 0.645. The molecule has 88 valence electrons. The van der Waals surface area contributed by atoms with Gasteiger partial charge < -0.3 is 0 Å². The summed E-state index contributed by atoms with van der Waals surface area (Å²) >= 11 is 0. The molecule has 0 bridgehead atoms. The molecule has 0 aliphatic rings. The van der Waals surface area contributed by atoms with E-state index in [2.05, 4.69) is 9.97 Å². The number of aromatic nitrogens is 2. The molecule has 2 aromatic heterocycles. The van der Waals surface area contributed by atoms with Gasteiger partial charge in [-0.25, -0.2) is 9.37 Å². The molecule has 0 radical (unpaired) electrons. The summed E-state index contributed by atoms with van der Waals surface area (Å²) < 4.78 is 13.1. The lowest BCUT2D eigenvalue weighted by atomic mass is 10.1. The molecule has 0 saturated carbocycles. The van der Waals surface area contributed by atoms with Crippen molar-refractivity contribution in [3.8, 4) is 11.4 Å². The van der Waals surface area contributed by atoms with E-state index in [4.69, 9.17) is 0 Å². The van der Waals surface area contributed by atoms with Crippen molar-refractivity contribution in [3.63, 3.8) is 0 Å². The van der Waals surface area contributed by atoms with Crippen molar-refractivity contribution < 1.29 is 4.39 Å². The summed E-state index contributed by atoms with van der Waals surface area (Å²) in [4.78, 5) is 8.93. The van der Waals surface area contributed by atoms with E-state index in [-0.39, 0.29) is 5.82 Å². The van der Waals surface area contributed by atoms with Crippen LogP contribution in [0.25, 0.3) is 22.3 Å². The minimum absolute atomic E-state index is 0.245. The second kappa shape index (κ2) is 4.18. The minimum Gasteiger partial charge on any atom is -0.251 e. The molecule has 3 rings (SSSR count). The Balaban J connectivity index is 2.16. The van der Waals surface area contributed by atoms with Crippen LogP contribution < -0.4 is 0 Å². The van der Waals surface area contributed by atoms with Crippen LogP contribution in [0.5, 0.6) is 0 Å². The van der Waals surface area contributed by atoms with Gasteiger partial charge in [-0.1, -0.05) is 12.1 Å². The highest BCUT2D eigenvalue weighted by Gasteiger charge is 2.03. The van der Waals surface area contributed by atoms with E-state index in [9.17, 15) is 4.39 Å². The van der Waals surface area contributed by atoms with Crippen molar-refractivity contribution in [1.29, 1.82) is 0 Å². The van der Waals surface area contributed by atoms with E-state index in [1.807, 2.05) is 37.3 Å². The maximum absolute atomic E-state index is 13.1. The molecular formula is C15H11FN2. The zero-order valence-corrected chi connectivity index (χ0v) is 9.89. The first-order valence-electron chi connectivity index (χ1n) is 5.73. The third-order valence-corrected chi connectivity index (χ3v) is 2.80. The van der Waals surface area contributed by atoms with E-state index in [1.54, 1.807) is 6.07 Å². The summed E-state index contributed by atoms with van der Waals surface area (Å²) in [5, 5.41) is 0.798. The zero-order valence-electron chi connectivity index (χ0n) is 9.89. The number of pyridine rings is 2. The number of fused-ring (bicyclic) bond motifs is 1. The SMILES string of the molecule is Cc1cccc(-c2ccc3cc(F)ccc3n2)n1. The van der Waals surface area contributed by atoms with Crippen LogP contribution in [0, 0.1) is 12.7 Å². The van der Waals surface area contributed by atoms with Crippen LogP contribution in [0.3, 0.4) is 0 Å². The Labute approximate surface area is 104 Å². The lowest BCUT2D eigenvalue weighted by Crippen LogP contribution is -1.90. The third kappa shape index (κ3) is 1.95. The molecule has 1 aromatic carbocycles. The van der Waals surface area contributed by atoms with Crippen molar-refractivity contribution in [1.82, 2.24) is 9.97 Å². The third-order valence-electron chi connectivity index (χ3n) is 2.80. The van der Waals surface area contributed by atoms with Crippen LogP contribution in [-0.2, 0) is 0 Å². The van der Waals surface area contributed by atoms with Gasteiger partial charge in [0, 0.05) is 11.1 Å². The predicted molar refractivity (Wildman–Crippen MR) is 69.7 cm³/mol. The molecule has 18 heavy (non-hydrogen) atoms. The summed E-state index contributed by atoms with van der Waals surface area (Å²) in [5.74, 6) is -0.245. The van der Waals surface area contributed by atoms with E-state index in [0.717, 1.165) is 28.0 Å². The number of aryl methyl sites for hydroxylation is 1. The first kappa shape index (κ1) is 10.8. The molecule has 3 heteroatoms. The standard InChI is InChI=1S/C15H11FN2/c1-10-3-2-4-14(17-10)15-7-5-11-9-12(16)6-8-13(11)18-15/h2-9H,1H3. The molecule has 2 heterocycles. The molecule has 2 nitrogen and oxygen atoms in total. The predicted octanol–water partition coefficient (Wildman–Crippen LogP) is 3.74. The number of benzene rings is 1. The van der Waals surface area contributed by atoms with Crippen LogP contribution in [-0.4, -0.2) is 9.97 Å². The first-order valence-corrected chi connectivity index (χ1v) is 5.73. The van der Waals surface area contributed by atoms with Crippen molar-refractivity contribution in [3.05, 3.63) is 60.0 Å². The summed E-state index contributed by atoms with van der Waals surface area (Å²) in [6.45, 7) is 1.94. The number of nitrogens with zero attached hydrogens (tertiary/aromatic N) is 2. The van der Waals surface area contributed by atoms with Crippen LogP contribution in [0.4, 0.5) is 4.39 Å². The Kier molecular flexibility index (Phi) is 2.52. The topological polar surface area (TPSA) is 25.8 Å². The van der Waals surface area contributed by atoms with Gasteiger partial charge in [-0.15, -0.1) is 0 Å². The lowest BCUT2D eigenvalue weighted by Gasteiger charge is -2.03. The molecule has 0 aliphatic carbocycles. The molecule has 0 atom stereocenters. The fourth-order valence-electron chi connectivity index (χ4n) is 1.92. The summed E-state index contributed by atoms with van der Waals surface area (Å²) in [6.07, 6.45) is 0. The maximum Gasteiger partial charge on any atom is 0.123 e. The largest absolute Gasteiger partial charge is 0.251 e. The molecule has 0 fully saturated rings. The van der Waals surface area contributed by atoms with Gasteiger partial charge in [0.2, 0.25) is 0 Å². The van der Waals surface area contributed by atoms with Crippen LogP contribution in [0.2, 0.25) is 0 Å². The highest BCUT2D eigenvalue weighted by atomic mass is 19.1. The maximum atomic E-state index is 13.1. The number of hydrogen-bond acceptors (Lipinski definition) is 2. The Morgan fingerprint density at radius 2 is 1.72 bits per heavy atom. The molecule has 0 N–H and O–H groups in total. The van der Waals surface area contributed by atoms with Crippen molar-refractivity contribution in [2.24, 2.45) is 0 Å². The fourth-order valence-corrected chi connectivity index (χ4v) is 1.92. The Morgan fingerprint density at radius 1 is 0.889 bits per heavy atom. The molecule has 0 saturated heterocycles. The van der Waals surface area contributed by atoms with E-state index in [0.29, 0.717) is 0 Å². The highest BCUT2D eigenvalue weighted by molar-refractivity contribution is 5.81. The van der Waals surface area contributed by atoms with Gasteiger partial charge >= 0.3 is 0 Å². The van der Waals surface area contributed by atoms with Gasteiger partial charge in [0.15, 0.2) is 0 Å². The van der Waals surface area contributed by atoms with E-state index < -0.39 is 0 Å². The molecule has 0 aliphatic heterocycles. The Hall–Kier alpha value is -2.29. The van der Waals surface area contributed by atoms with Gasteiger partial charge in [-0.2, -0.15) is 0 Å². The number of hydrogen-bond donors (Lipinski definition) is 0. The normalized spacial score (nSPS) is 10.8. The van der Waals surface area contributed by atoms with Gasteiger partial charge in [-0.3, -0.25) is 4.98 Å². The van der Waals surface area contributed by atoms with Crippen molar-refractivity contribution >= 4 is 10.9 Å². The minimum atomic E-state index is -0.245. The van der Waals surface area contributed by atoms with E-state index in [1.165, 1.54) is 12.1 Å². The van der Waals surface area contributed by atoms with Crippen molar-refractivity contribution in [2.75, 3.05) is 0 Å². The summed E-state index contributed by atoms with van der Waals surface area (Å²) in [5.41, 5.74) is 3.37. The molecule has 0 unspecified atom stereocenters. The molecule has 3 aromatic rings. The lowest BCUT2D eigenvalue weighted by molar-refractivity contribution is 0.629. The average molecular weight is 238 g/mol. The van der Waals surface area contributed by atoms with Gasteiger partial charge in [-0.05, 0) is 43.3 Å².